The maximum Gasteiger partial charge on any atom is 0.315 e. The van der Waals surface area contributed by atoms with Gasteiger partial charge in [-0.25, -0.2) is 4.98 Å². The van der Waals surface area contributed by atoms with E-state index in [0.717, 1.165) is 0 Å². The average molecular weight is 264 g/mol. The molecule has 1 aromatic carbocycles. The second-order valence-electron chi connectivity index (χ2n) is 3.60. The van der Waals surface area contributed by atoms with Crippen LogP contribution >= 0.6 is 11.8 Å². The molecule has 0 aliphatic heterocycles. The standard InChI is InChI=1S/C12H12N2O3S/c1-17-11(15)7-18-6-10-13-9-5-3-2-4-8(9)12(16)14-10/h2-5H,6-7H2,1H3,(H,13,14,16). The van der Waals surface area contributed by atoms with E-state index >= 15 is 0 Å². The molecule has 0 bridgehead atoms. The number of thioether (sulfide) groups is 1. The predicted molar refractivity (Wildman–Crippen MR) is 70.5 cm³/mol. The number of H-pyrrole nitrogens is 1. The molecule has 0 unspecified atom stereocenters. The Morgan fingerprint density at radius 3 is 3.00 bits per heavy atom. The lowest BCUT2D eigenvalue weighted by atomic mass is 10.2. The Bertz CT molecular complexity index is 624. The lowest BCUT2D eigenvalue weighted by molar-refractivity contribution is -0.137. The highest BCUT2D eigenvalue weighted by Gasteiger charge is 2.05. The fourth-order valence-corrected chi connectivity index (χ4v) is 2.21. The van der Waals surface area contributed by atoms with Crippen LogP contribution in [0.4, 0.5) is 0 Å². The smallest absolute Gasteiger partial charge is 0.315 e. The number of hydrogen-bond donors (Lipinski definition) is 1. The number of nitrogens with zero attached hydrogens (tertiary/aromatic N) is 1. The van der Waals surface area contributed by atoms with Crippen LogP contribution in [-0.2, 0) is 15.3 Å². The Labute approximate surface area is 108 Å². The Morgan fingerprint density at radius 2 is 2.22 bits per heavy atom. The van der Waals surface area contributed by atoms with E-state index in [0.29, 0.717) is 22.5 Å². The Morgan fingerprint density at radius 1 is 1.44 bits per heavy atom. The summed E-state index contributed by atoms with van der Waals surface area (Å²) in [5.41, 5.74) is 0.504. The van der Waals surface area contributed by atoms with E-state index in [1.807, 2.05) is 6.07 Å². The normalized spacial score (nSPS) is 10.5. The van der Waals surface area contributed by atoms with Gasteiger partial charge in [0, 0.05) is 0 Å². The third-order valence-corrected chi connectivity index (χ3v) is 3.27. The number of benzene rings is 1. The zero-order chi connectivity index (χ0) is 13.0. The highest BCUT2D eigenvalue weighted by atomic mass is 32.2. The minimum absolute atomic E-state index is 0.158. The van der Waals surface area contributed by atoms with Gasteiger partial charge in [-0.3, -0.25) is 9.59 Å². The first kappa shape index (κ1) is 12.6. The van der Waals surface area contributed by atoms with Crippen molar-refractivity contribution < 1.29 is 9.53 Å². The molecule has 0 spiro atoms. The molecule has 1 N–H and O–H groups in total. The third-order valence-electron chi connectivity index (χ3n) is 2.35. The fraction of sp³-hybridized carbons (Fsp3) is 0.250. The van der Waals surface area contributed by atoms with Crippen molar-refractivity contribution in [1.82, 2.24) is 9.97 Å². The molecule has 0 radical (unpaired) electrons. The van der Waals surface area contributed by atoms with Crippen molar-refractivity contribution in [3.8, 4) is 0 Å². The third kappa shape index (κ3) is 2.89. The Balaban J connectivity index is 2.15. The average Bonchev–Trinajstić information content (AvgIpc) is 2.38. The Hall–Kier alpha value is -1.82. The van der Waals surface area contributed by atoms with Crippen molar-refractivity contribution in [3.63, 3.8) is 0 Å². The molecular formula is C12H12N2O3S. The lowest BCUT2D eigenvalue weighted by Crippen LogP contribution is -2.11. The molecule has 0 saturated heterocycles. The number of nitrogens with one attached hydrogen (secondary N) is 1. The molecule has 18 heavy (non-hydrogen) atoms. The zero-order valence-corrected chi connectivity index (χ0v) is 10.6. The van der Waals surface area contributed by atoms with Gasteiger partial charge in [-0.05, 0) is 12.1 Å². The van der Waals surface area contributed by atoms with E-state index in [9.17, 15) is 9.59 Å². The summed E-state index contributed by atoms with van der Waals surface area (Å²) in [5, 5.41) is 0.569. The minimum Gasteiger partial charge on any atom is -0.468 e. The number of aromatic nitrogens is 2. The van der Waals surface area contributed by atoms with E-state index in [1.165, 1.54) is 18.9 Å². The molecule has 1 heterocycles. The molecule has 0 aliphatic rings. The van der Waals surface area contributed by atoms with Crippen LogP contribution in [0.25, 0.3) is 10.9 Å². The molecule has 0 atom stereocenters. The molecule has 1 aromatic heterocycles. The van der Waals surface area contributed by atoms with E-state index in [1.54, 1.807) is 18.2 Å². The van der Waals surface area contributed by atoms with Crippen molar-refractivity contribution in [2.75, 3.05) is 12.9 Å². The zero-order valence-electron chi connectivity index (χ0n) is 9.80. The number of fused-ring (bicyclic) bond motifs is 1. The van der Waals surface area contributed by atoms with Crippen LogP contribution in [-0.4, -0.2) is 28.8 Å². The van der Waals surface area contributed by atoms with Crippen LogP contribution in [0.1, 0.15) is 5.82 Å². The Kier molecular flexibility index (Phi) is 3.99. The summed E-state index contributed by atoms with van der Waals surface area (Å²) in [6.45, 7) is 0. The first-order valence-electron chi connectivity index (χ1n) is 5.33. The van der Waals surface area contributed by atoms with Crippen LogP contribution < -0.4 is 5.56 Å². The van der Waals surface area contributed by atoms with Crippen LogP contribution in [0.3, 0.4) is 0 Å². The fourth-order valence-electron chi connectivity index (χ4n) is 1.49. The largest absolute Gasteiger partial charge is 0.468 e. The molecule has 0 saturated carbocycles. The summed E-state index contributed by atoms with van der Waals surface area (Å²) in [4.78, 5) is 29.7. The molecule has 0 aliphatic carbocycles. The number of para-hydroxylation sites is 1. The van der Waals surface area contributed by atoms with Gasteiger partial charge in [0.15, 0.2) is 0 Å². The van der Waals surface area contributed by atoms with E-state index in [-0.39, 0.29) is 17.3 Å². The molecule has 0 amide bonds. The first-order valence-corrected chi connectivity index (χ1v) is 6.48. The van der Waals surface area contributed by atoms with Crippen LogP contribution in [0.2, 0.25) is 0 Å². The molecule has 2 rings (SSSR count). The molecule has 6 heteroatoms. The van der Waals surface area contributed by atoms with Gasteiger partial charge in [-0.15, -0.1) is 11.8 Å². The second kappa shape index (κ2) is 5.68. The topological polar surface area (TPSA) is 72.0 Å². The van der Waals surface area contributed by atoms with E-state index in [4.69, 9.17) is 0 Å². The summed E-state index contributed by atoms with van der Waals surface area (Å²) < 4.78 is 4.53. The number of rotatable bonds is 4. The quantitative estimate of drug-likeness (QED) is 0.843. The number of hydrogen-bond acceptors (Lipinski definition) is 5. The predicted octanol–water partition coefficient (Wildman–Crippen LogP) is 1.33. The van der Waals surface area contributed by atoms with Gasteiger partial charge >= 0.3 is 5.97 Å². The maximum atomic E-state index is 11.8. The SMILES string of the molecule is COC(=O)CSCc1nc2ccccc2c(=O)[nH]1. The van der Waals surface area contributed by atoms with Gasteiger partial charge in [0.05, 0.1) is 29.5 Å². The number of aromatic amines is 1. The van der Waals surface area contributed by atoms with Gasteiger partial charge in [0.25, 0.3) is 5.56 Å². The highest BCUT2D eigenvalue weighted by molar-refractivity contribution is 7.99. The van der Waals surface area contributed by atoms with Crippen LogP contribution in [0.15, 0.2) is 29.1 Å². The molecule has 0 fully saturated rings. The van der Waals surface area contributed by atoms with Gasteiger partial charge in [-0.2, -0.15) is 0 Å². The van der Waals surface area contributed by atoms with Crippen molar-refractivity contribution in [2.45, 2.75) is 5.75 Å². The summed E-state index contributed by atoms with van der Waals surface area (Å²) in [5.74, 6) is 0.984. The monoisotopic (exact) mass is 264 g/mol. The van der Waals surface area contributed by atoms with Crippen molar-refractivity contribution in [3.05, 3.63) is 40.4 Å². The summed E-state index contributed by atoms with van der Waals surface area (Å²) in [6, 6.07) is 7.15. The number of carbonyl (C=O) groups is 1. The molecular weight excluding hydrogens is 252 g/mol. The van der Waals surface area contributed by atoms with Gasteiger partial charge < -0.3 is 9.72 Å². The van der Waals surface area contributed by atoms with Crippen molar-refractivity contribution in [2.24, 2.45) is 0 Å². The maximum absolute atomic E-state index is 11.8. The molecule has 5 nitrogen and oxygen atoms in total. The number of methoxy groups -OCH3 is 1. The molecule has 94 valence electrons. The van der Waals surface area contributed by atoms with Gasteiger partial charge in [-0.1, -0.05) is 12.1 Å². The summed E-state index contributed by atoms with van der Waals surface area (Å²) in [7, 11) is 1.35. The van der Waals surface area contributed by atoms with Gasteiger partial charge in [0.1, 0.15) is 5.82 Å². The van der Waals surface area contributed by atoms with Crippen molar-refractivity contribution >= 4 is 28.6 Å². The lowest BCUT2D eigenvalue weighted by Gasteiger charge is -2.02. The minimum atomic E-state index is -0.289. The molecule has 2 aromatic rings. The second-order valence-corrected chi connectivity index (χ2v) is 4.58. The number of ether oxygens (including phenoxy) is 1. The van der Waals surface area contributed by atoms with Crippen LogP contribution in [0.5, 0.6) is 0 Å². The first-order chi connectivity index (χ1) is 8.70. The van der Waals surface area contributed by atoms with E-state index < -0.39 is 0 Å². The number of esters is 1. The highest BCUT2D eigenvalue weighted by Crippen LogP contribution is 2.11. The van der Waals surface area contributed by atoms with Crippen molar-refractivity contribution in [1.29, 1.82) is 0 Å². The van der Waals surface area contributed by atoms with Crippen LogP contribution in [0, 0.1) is 0 Å². The van der Waals surface area contributed by atoms with Gasteiger partial charge in [0.2, 0.25) is 0 Å². The van der Waals surface area contributed by atoms with E-state index in [2.05, 4.69) is 14.7 Å². The summed E-state index contributed by atoms with van der Waals surface area (Å²) >= 11 is 1.35. The summed E-state index contributed by atoms with van der Waals surface area (Å²) in [6.07, 6.45) is 0. The number of carbonyl (C=O) groups excluding carboxylic acids is 1.